The highest BCUT2D eigenvalue weighted by molar-refractivity contribution is 7.17. The van der Waals surface area contributed by atoms with Crippen molar-refractivity contribution in [1.29, 1.82) is 0 Å². The van der Waals surface area contributed by atoms with Crippen molar-refractivity contribution in [2.24, 2.45) is 0 Å². The lowest BCUT2D eigenvalue weighted by Gasteiger charge is -2.26. The highest BCUT2D eigenvalue weighted by Gasteiger charge is 2.40. The van der Waals surface area contributed by atoms with E-state index in [1.165, 1.54) is 12.1 Å². The monoisotopic (exact) mass is 455 g/mol. The van der Waals surface area contributed by atoms with E-state index in [0.717, 1.165) is 12.1 Å². The van der Waals surface area contributed by atoms with Crippen molar-refractivity contribution >= 4 is 22.4 Å². The number of nitrogens with zero attached hydrogens (tertiary/aromatic N) is 2. The molecular formula is C17H15F6N3O3S. The Morgan fingerprint density at radius 3 is 2.53 bits per heavy atom. The van der Waals surface area contributed by atoms with E-state index in [1.54, 1.807) is 4.90 Å². The summed E-state index contributed by atoms with van der Waals surface area (Å²) >= 11 is 0.601. The van der Waals surface area contributed by atoms with Crippen LogP contribution in [0.25, 0.3) is 0 Å². The van der Waals surface area contributed by atoms with Gasteiger partial charge in [-0.3, -0.25) is 4.79 Å². The number of carbonyl (C=O) groups excluding carboxylic acids is 1. The van der Waals surface area contributed by atoms with Gasteiger partial charge in [0.15, 0.2) is 10.8 Å². The Hall–Kier alpha value is -2.54. The second-order valence-corrected chi connectivity index (χ2v) is 7.13. The van der Waals surface area contributed by atoms with E-state index >= 15 is 0 Å². The lowest BCUT2D eigenvalue weighted by molar-refractivity contribution is -0.274. The number of anilines is 1. The molecule has 1 aromatic carbocycles. The summed E-state index contributed by atoms with van der Waals surface area (Å²) in [6.07, 6.45) is -9.73. The van der Waals surface area contributed by atoms with Crippen molar-refractivity contribution in [3.63, 3.8) is 0 Å². The standard InChI is InChI=1S/C17H15F6N3O3S/c18-16(19,20)13-12(30-15(25-13)26-4-6-28-7-5-26)14(27)24-9-10-2-1-3-11(8-10)29-17(21,22)23/h1-3,8H,4-7,9H2,(H,24,27). The maximum absolute atomic E-state index is 13.4. The van der Waals surface area contributed by atoms with Crippen LogP contribution < -0.4 is 15.0 Å². The SMILES string of the molecule is O=C(NCc1cccc(OC(F)(F)F)c1)c1sc(N2CCOCC2)nc1C(F)(F)F. The summed E-state index contributed by atoms with van der Waals surface area (Å²) < 4.78 is 85.9. The van der Waals surface area contributed by atoms with Crippen molar-refractivity contribution in [2.75, 3.05) is 31.2 Å². The molecule has 3 rings (SSSR count). The lowest BCUT2D eigenvalue weighted by atomic mass is 10.2. The van der Waals surface area contributed by atoms with Gasteiger partial charge in [-0.2, -0.15) is 13.2 Å². The van der Waals surface area contributed by atoms with Crippen LogP contribution in [0.4, 0.5) is 31.5 Å². The Balaban J connectivity index is 1.75. The maximum Gasteiger partial charge on any atom is 0.573 e. The minimum Gasteiger partial charge on any atom is -0.406 e. The van der Waals surface area contributed by atoms with Crippen LogP contribution in [0.1, 0.15) is 20.9 Å². The van der Waals surface area contributed by atoms with Gasteiger partial charge in [0.2, 0.25) is 0 Å². The number of carbonyl (C=O) groups is 1. The second-order valence-electron chi connectivity index (χ2n) is 6.15. The van der Waals surface area contributed by atoms with Crippen molar-refractivity contribution in [2.45, 2.75) is 19.1 Å². The Bertz CT molecular complexity index is 894. The molecule has 1 aromatic heterocycles. The van der Waals surface area contributed by atoms with E-state index in [9.17, 15) is 31.1 Å². The van der Waals surface area contributed by atoms with Crippen LogP contribution in [0.15, 0.2) is 24.3 Å². The predicted octanol–water partition coefficient (Wildman–Crippen LogP) is 3.83. The van der Waals surface area contributed by atoms with Crippen molar-refractivity contribution in [3.8, 4) is 5.75 Å². The Kier molecular flexibility index (Phi) is 6.41. The molecule has 0 saturated carbocycles. The van der Waals surface area contributed by atoms with Gasteiger partial charge in [0.25, 0.3) is 5.91 Å². The van der Waals surface area contributed by atoms with Crippen molar-refractivity contribution in [1.82, 2.24) is 10.3 Å². The van der Waals surface area contributed by atoms with E-state index in [0.29, 0.717) is 37.6 Å². The zero-order chi connectivity index (χ0) is 21.9. The third kappa shape index (κ3) is 5.75. The van der Waals surface area contributed by atoms with Crippen LogP contribution in [0.3, 0.4) is 0 Å². The molecule has 1 saturated heterocycles. The van der Waals surface area contributed by atoms with E-state index in [1.807, 2.05) is 0 Å². The number of ether oxygens (including phenoxy) is 2. The molecule has 2 heterocycles. The van der Waals surface area contributed by atoms with Crippen molar-refractivity contribution in [3.05, 3.63) is 40.4 Å². The number of halogens is 6. The van der Waals surface area contributed by atoms with Crippen LogP contribution in [0, 0.1) is 0 Å². The maximum atomic E-state index is 13.4. The largest absolute Gasteiger partial charge is 0.573 e. The van der Waals surface area contributed by atoms with E-state index in [2.05, 4.69) is 15.0 Å². The third-order valence-electron chi connectivity index (χ3n) is 3.96. The number of rotatable bonds is 5. The molecule has 1 fully saturated rings. The fraction of sp³-hybridized carbons (Fsp3) is 0.412. The molecule has 0 unspecified atom stereocenters. The van der Waals surface area contributed by atoms with Gasteiger partial charge in [-0.25, -0.2) is 4.98 Å². The average molecular weight is 455 g/mol. The number of morpholine rings is 1. The molecule has 30 heavy (non-hydrogen) atoms. The summed E-state index contributed by atoms with van der Waals surface area (Å²) in [6.45, 7) is 1.06. The first-order valence-electron chi connectivity index (χ1n) is 8.56. The third-order valence-corrected chi connectivity index (χ3v) is 5.07. The van der Waals surface area contributed by atoms with Gasteiger partial charge in [-0.1, -0.05) is 23.5 Å². The molecule has 0 radical (unpaired) electrons. The number of benzene rings is 1. The molecule has 13 heteroatoms. The van der Waals surface area contributed by atoms with E-state index in [4.69, 9.17) is 4.74 Å². The molecule has 1 amide bonds. The first kappa shape index (κ1) is 22.2. The van der Waals surface area contributed by atoms with Gasteiger partial charge in [-0.05, 0) is 17.7 Å². The highest BCUT2D eigenvalue weighted by Crippen LogP contribution is 2.37. The molecule has 164 valence electrons. The number of nitrogens with one attached hydrogen (secondary N) is 1. The molecular weight excluding hydrogens is 440 g/mol. The van der Waals surface area contributed by atoms with Crippen LogP contribution in [-0.4, -0.2) is 43.6 Å². The lowest BCUT2D eigenvalue weighted by Crippen LogP contribution is -2.36. The van der Waals surface area contributed by atoms with Gasteiger partial charge in [0.1, 0.15) is 10.6 Å². The van der Waals surface area contributed by atoms with Crippen molar-refractivity contribution < 1.29 is 40.6 Å². The molecule has 0 bridgehead atoms. The first-order chi connectivity index (χ1) is 14.0. The minimum absolute atomic E-state index is 0.0522. The van der Waals surface area contributed by atoms with Gasteiger partial charge < -0.3 is 19.7 Å². The van der Waals surface area contributed by atoms with Gasteiger partial charge in [-0.15, -0.1) is 13.2 Å². The predicted molar refractivity (Wildman–Crippen MR) is 94.4 cm³/mol. The summed E-state index contributed by atoms with van der Waals surface area (Å²) in [5.74, 6) is -1.53. The smallest absolute Gasteiger partial charge is 0.406 e. The topological polar surface area (TPSA) is 63.7 Å². The number of aromatic nitrogens is 1. The number of hydrogen-bond acceptors (Lipinski definition) is 6. The number of amides is 1. The first-order valence-corrected chi connectivity index (χ1v) is 9.38. The summed E-state index contributed by atoms with van der Waals surface area (Å²) in [5, 5.41) is 2.34. The van der Waals surface area contributed by atoms with Gasteiger partial charge in [0.05, 0.1) is 13.2 Å². The molecule has 1 aliphatic rings. The van der Waals surface area contributed by atoms with E-state index < -0.39 is 34.8 Å². The van der Waals surface area contributed by atoms with Crippen LogP contribution in [0.5, 0.6) is 5.75 Å². The molecule has 1 aliphatic heterocycles. The average Bonchev–Trinajstić information content (AvgIpc) is 3.12. The summed E-state index contributed by atoms with van der Waals surface area (Å²) in [6, 6.07) is 4.77. The minimum atomic E-state index is -4.89. The van der Waals surface area contributed by atoms with Crippen LogP contribution in [-0.2, 0) is 17.5 Å². The molecule has 6 nitrogen and oxygen atoms in total. The summed E-state index contributed by atoms with van der Waals surface area (Å²) in [4.78, 5) is 17.0. The fourth-order valence-corrected chi connectivity index (χ4v) is 3.71. The highest BCUT2D eigenvalue weighted by atomic mass is 32.1. The molecule has 1 N–H and O–H groups in total. The van der Waals surface area contributed by atoms with Gasteiger partial charge in [0, 0.05) is 19.6 Å². The number of thiazole rings is 1. The Morgan fingerprint density at radius 2 is 1.90 bits per heavy atom. The van der Waals surface area contributed by atoms with Crippen LogP contribution >= 0.6 is 11.3 Å². The summed E-state index contributed by atoms with van der Waals surface area (Å²) in [5.41, 5.74) is -1.09. The zero-order valence-corrected chi connectivity index (χ0v) is 16.0. The van der Waals surface area contributed by atoms with E-state index in [-0.39, 0.29) is 17.2 Å². The molecule has 0 spiro atoms. The summed E-state index contributed by atoms with van der Waals surface area (Å²) in [7, 11) is 0. The fourth-order valence-electron chi connectivity index (χ4n) is 2.66. The van der Waals surface area contributed by atoms with Crippen LogP contribution in [0.2, 0.25) is 0 Å². The number of hydrogen-bond donors (Lipinski definition) is 1. The Labute approximate surface area is 170 Å². The zero-order valence-electron chi connectivity index (χ0n) is 15.1. The second kappa shape index (κ2) is 8.68. The molecule has 0 aliphatic carbocycles. The Morgan fingerprint density at radius 1 is 1.20 bits per heavy atom. The quantitative estimate of drug-likeness (QED) is 0.695. The number of alkyl halides is 6. The molecule has 2 aromatic rings. The van der Waals surface area contributed by atoms with Gasteiger partial charge >= 0.3 is 12.5 Å². The normalized spacial score (nSPS) is 15.2. The molecule has 0 atom stereocenters.